The van der Waals surface area contributed by atoms with Crippen molar-refractivity contribution in [3.05, 3.63) is 28.8 Å². The molecule has 0 heterocycles. The predicted molar refractivity (Wildman–Crippen MR) is 85.0 cm³/mol. The van der Waals surface area contributed by atoms with Crippen molar-refractivity contribution >= 4 is 17.6 Å². The van der Waals surface area contributed by atoms with Crippen LogP contribution in [-0.2, 0) is 11.3 Å². The lowest BCUT2D eigenvalue weighted by atomic mass is 9.88. The third kappa shape index (κ3) is 6.82. The van der Waals surface area contributed by atoms with Gasteiger partial charge in [-0.3, -0.25) is 4.79 Å². The van der Waals surface area contributed by atoms with Gasteiger partial charge in [0.2, 0.25) is 0 Å². The van der Waals surface area contributed by atoms with E-state index in [9.17, 15) is 9.90 Å². The van der Waals surface area contributed by atoms with E-state index in [1.807, 2.05) is 6.07 Å². The van der Waals surface area contributed by atoms with Gasteiger partial charge in [0, 0.05) is 11.6 Å². The molecule has 0 saturated carbocycles. The van der Waals surface area contributed by atoms with Gasteiger partial charge < -0.3 is 15.2 Å². The zero-order valence-corrected chi connectivity index (χ0v) is 13.8. The Bertz CT molecular complexity index is 483. The van der Waals surface area contributed by atoms with Crippen molar-refractivity contribution in [2.45, 2.75) is 46.2 Å². The highest BCUT2D eigenvalue weighted by molar-refractivity contribution is 6.30. The molecule has 0 aliphatic carbocycles. The van der Waals surface area contributed by atoms with Crippen molar-refractivity contribution in [3.63, 3.8) is 0 Å². The fourth-order valence-corrected chi connectivity index (χ4v) is 2.22. The van der Waals surface area contributed by atoms with Crippen LogP contribution in [0, 0.1) is 5.41 Å². The molecule has 2 N–H and O–H groups in total. The molecule has 1 aromatic rings. The molecule has 0 radical (unpaired) electrons. The number of carboxylic acids is 1. The summed E-state index contributed by atoms with van der Waals surface area (Å²) in [5, 5.41) is 12.9. The first-order valence-corrected chi connectivity index (χ1v) is 7.39. The molecule has 0 unspecified atom stereocenters. The normalized spacial score (nSPS) is 13.0. The summed E-state index contributed by atoms with van der Waals surface area (Å²) < 4.78 is 5.15. The molecule has 0 bridgehead atoms. The maximum Gasteiger partial charge on any atom is 0.320 e. The number of nitrogens with one attached hydrogen (secondary N) is 1. The summed E-state index contributed by atoms with van der Waals surface area (Å²) in [4.78, 5) is 11.3. The molecule has 5 heteroatoms. The maximum atomic E-state index is 11.3. The maximum absolute atomic E-state index is 11.3. The average molecular weight is 314 g/mol. The number of benzene rings is 1. The first-order valence-electron chi connectivity index (χ1n) is 7.01. The van der Waals surface area contributed by atoms with Crippen LogP contribution in [-0.4, -0.2) is 24.2 Å². The first-order chi connectivity index (χ1) is 9.71. The van der Waals surface area contributed by atoms with E-state index in [0.29, 0.717) is 23.7 Å². The van der Waals surface area contributed by atoms with Gasteiger partial charge in [0.15, 0.2) is 0 Å². The van der Waals surface area contributed by atoms with Gasteiger partial charge in [0.25, 0.3) is 0 Å². The molecule has 0 fully saturated rings. The lowest BCUT2D eigenvalue weighted by molar-refractivity contribution is -0.139. The molecule has 118 valence electrons. The Morgan fingerprint density at radius 3 is 2.57 bits per heavy atom. The summed E-state index contributed by atoms with van der Waals surface area (Å²) in [5.41, 5.74) is 1.02. The number of carboxylic acid groups (broad SMARTS) is 1. The summed E-state index contributed by atoms with van der Waals surface area (Å²) in [6.07, 6.45) is 1.44. The first kappa shape index (κ1) is 17.8. The van der Waals surface area contributed by atoms with Crippen molar-refractivity contribution in [2.24, 2.45) is 5.41 Å². The number of hydrogen-bond donors (Lipinski definition) is 2. The fourth-order valence-electron chi connectivity index (χ4n) is 1.97. The van der Waals surface area contributed by atoms with Crippen molar-refractivity contribution < 1.29 is 14.6 Å². The average Bonchev–Trinajstić information content (AvgIpc) is 2.36. The molecule has 0 aliphatic heterocycles. The lowest BCUT2D eigenvalue weighted by Gasteiger charge is -2.21. The summed E-state index contributed by atoms with van der Waals surface area (Å²) in [5.74, 6) is -0.158. The van der Waals surface area contributed by atoms with E-state index >= 15 is 0 Å². The zero-order valence-electron chi connectivity index (χ0n) is 13.1. The van der Waals surface area contributed by atoms with E-state index in [-0.39, 0.29) is 5.41 Å². The molecule has 1 rings (SSSR count). The van der Waals surface area contributed by atoms with Gasteiger partial charge in [0.1, 0.15) is 11.8 Å². The van der Waals surface area contributed by atoms with E-state index < -0.39 is 12.0 Å². The Labute approximate surface area is 131 Å². The van der Waals surface area contributed by atoms with Crippen LogP contribution in [0.4, 0.5) is 0 Å². The third-order valence-electron chi connectivity index (χ3n) is 3.20. The topological polar surface area (TPSA) is 58.6 Å². The number of aliphatic carboxylic acids is 1. The van der Waals surface area contributed by atoms with Crippen LogP contribution in [0.25, 0.3) is 0 Å². The Morgan fingerprint density at radius 1 is 1.38 bits per heavy atom. The van der Waals surface area contributed by atoms with E-state index in [0.717, 1.165) is 12.0 Å². The molecule has 4 nitrogen and oxygen atoms in total. The number of rotatable bonds is 7. The molecule has 0 saturated heterocycles. The van der Waals surface area contributed by atoms with Crippen molar-refractivity contribution in [2.75, 3.05) is 7.11 Å². The second kappa shape index (κ2) is 7.66. The Hall–Kier alpha value is -1.26. The van der Waals surface area contributed by atoms with Gasteiger partial charge in [0.05, 0.1) is 7.11 Å². The molecule has 1 atom stereocenters. The van der Waals surface area contributed by atoms with Crippen LogP contribution in [0.5, 0.6) is 5.75 Å². The van der Waals surface area contributed by atoms with Gasteiger partial charge in [-0.2, -0.15) is 0 Å². The largest absolute Gasteiger partial charge is 0.497 e. The third-order valence-corrected chi connectivity index (χ3v) is 3.42. The quantitative estimate of drug-likeness (QED) is 0.805. The number of hydrogen-bond acceptors (Lipinski definition) is 3. The van der Waals surface area contributed by atoms with Gasteiger partial charge in [-0.05, 0) is 42.0 Å². The smallest absolute Gasteiger partial charge is 0.320 e. The van der Waals surface area contributed by atoms with Crippen molar-refractivity contribution in [1.29, 1.82) is 0 Å². The van der Waals surface area contributed by atoms with Crippen molar-refractivity contribution in [3.8, 4) is 5.75 Å². The molecule has 0 aromatic heterocycles. The standard InChI is InChI=1S/C16H24ClNO3/c1-16(2,3)6-5-14(15(19)20)18-10-11-7-12(17)9-13(8-11)21-4/h7-9,14,18H,5-6,10H2,1-4H3,(H,19,20)/t14-/m0/s1. The highest BCUT2D eigenvalue weighted by atomic mass is 35.5. The minimum absolute atomic E-state index is 0.120. The molecular formula is C16H24ClNO3. The molecule has 21 heavy (non-hydrogen) atoms. The minimum Gasteiger partial charge on any atom is -0.497 e. The summed E-state index contributed by atoms with van der Waals surface area (Å²) >= 11 is 6.00. The van der Waals surface area contributed by atoms with E-state index in [1.165, 1.54) is 0 Å². The number of ether oxygens (including phenoxy) is 1. The molecular weight excluding hydrogens is 290 g/mol. The van der Waals surface area contributed by atoms with Gasteiger partial charge in [-0.15, -0.1) is 0 Å². The number of halogens is 1. The summed E-state index contributed by atoms with van der Waals surface area (Å²) in [6.45, 7) is 6.76. The van der Waals surface area contributed by atoms with Gasteiger partial charge in [-0.1, -0.05) is 32.4 Å². The fraction of sp³-hybridized carbons (Fsp3) is 0.562. The SMILES string of the molecule is COc1cc(Cl)cc(CN[C@@H](CCC(C)(C)C)C(=O)O)c1. The Kier molecular flexibility index (Phi) is 6.49. The second-order valence-electron chi connectivity index (χ2n) is 6.37. The predicted octanol–water partition coefficient (Wildman–Crippen LogP) is 3.72. The zero-order chi connectivity index (χ0) is 16.0. The summed E-state index contributed by atoms with van der Waals surface area (Å²) in [6, 6.07) is 4.81. The monoisotopic (exact) mass is 313 g/mol. The van der Waals surface area contributed by atoms with Crippen LogP contribution >= 0.6 is 11.6 Å². The van der Waals surface area contributed by atoms with Gasteiger partial charge >= 0.3 is 5.97 Å². The van der Waals surface area contributed by atoms with Crippen LogP contribution in [0.2, 0.25) is 5.02 Å². The van der Waals surface area contributed by atoms with Gasteiger partial charge in [-0.25, -0.2) is 0 Å². The van der Waals surface area contributed by atoms with E-state index in [2.05, 4.69) is 26.1 Å². The van der Waals surface area contributed by atoms with Crippen LogP contribution in [0.15, 0.2) is 18.2 Å². The highest BCUT2D eigenvalue weighted by Gasteiger charge is 2.20. The van der Waals surface area contributed by atoms with E-state index in [4.69, 9.17) is 16.3 Å². The Balaban J connectivity index is 2.65. The number of carbonyl (C=O) groups is 1. The molecule has 0 aliphatic rings. The number of methoxy groups -OCH3 is 1. The van der Waals surface area contributed by atoms with Crippen LogP contribution in [0.3, 0.4) is 0 Å². The lowest BCUT2D eigenvalue weighted by Crippen LogP contribution is -2.37. The van der Waals surface area contributed by atoms with Crippen LogP contribution in [0.1, 0.15) is 39.2 Å². The minimum atomic E-state index is -0.826. The summed E-state index contributed by atoms with van der Waals surface area (Å²) in [7, 11) is 1.58. The highest BCUT2D eigenvalue weighted by Crippen LogP contribution is 2.23. The Morgan fingerprint density at radius 2 is 2.05 bits per heavy atom. The molecule has 1 aromatic carbocycles. The van der Waals surface area contributed by atoms with Crippen LogP contribution < -0.4 is 10.1 Å². The molecule has 0 spiro atoms. The van der Waals surface area contributed by atoms with Crippen molar-refractivity contribution in [1.82, 2.24) is 5.32 Å². The van der Waals surface area contributed by atoms with E-state index in [1.54, 1.807) is 19.2 Å². The molecule has 0 amide bonds. The second-order valence-corrected chi connectivity index (χ2v) is 6.81.